The maximum Gasteiger partial charge on any atom is 0.254 e. The third-order valence-electron chi connectivity index (χ3n) is 3.63. The highest BCUT2D eigenvalue weighted by Gasteiger charge is 2.29. The normalized spacial score (nSPS) is 14.3. The van der Waals surface area contributed by atoms with Gasteiger partial charge in [-0.15, -0.1) is 0 Å². The minimum Gasteiger partial charge on any atom is -0.370 e. The number of hydrogen-bond donors (Lipinski definition) is 1. The molecule has 0 unspecified atom stereocenters. The van der Waals surface area contributed by atoms with E-state index >= 15 is 0 Å². The van der Waals surface area contributed by atoms with Gasteiger partial charge in [0, 0.05) is 24.7 Å². The SMILES string of the molecule is CCCNc1cc(C(=O)N(CC2CC2)C(C)C)cc(Cl)n1. The van der Waals surface area contributed by atoms with Crippen LogP contribution in [0.25, 0.3) is 0 Å². The van der Waals surface area contributed by atoms with Crippen LogP contribution in [-0.2, 0) is 0 Å². The second-order valence-electron chi connectivity index (χ2n) is 5.99. The van der Waals surface area contributed by atoms with Gasteiger partial charge in [-0.05, 0) is 51.2 Å². The highest BCUT2D eigenvalue weighted by atomic mass is 35.5. The molecular weight excluding hydrogens is 286 g/mol. The van der Waals surface area contributed by atoms with Crippen LogP contribution in [0.5, 0.6) is 0 Å². The molecule has 0 radical (unpaired) electrons. The Bertz CT molecular complexity index is 500. The number of aromatic nitrogens is 1. The fraction of sp³-hybridized carbons (Fsp3) is 0.625. The number of nitrogens with one attached hydrogen (secondary N) is 1. The summed E-state index contributed by atoms with van der Waals surface area (Å²) in [4.78, 5) is 18.9. The molecule has 116 valence electrons. The van der Waals surface area contributed by atoms with E-state index in [0.717, 1.165) is 19.5 Å². The lowest BCUT2D eigenvalue weighted by Gasteiger charge is -2.27. The summed E-state index contributed by atoms with van der Waals surface area (Å²) in [6.07, 6.45) is 3.46. The monoisotopic (exact) mass is 309 g/mol. The summed E-state index contributed by atoms with van der Waals surface area (Å²) in [5.41, 5.74) is 0.614. The van der Waals surface area contributed by atoms with E-state index in [4.69, 9.17) is 11.6 Å². The number of anilines is 1. The summed E-state index contributed by atoms with van der Waals surface area (Å²) in [5.74, 6) is 1.38. The topological polar surface area (TPSA) is 45.2 Å². The molecule has 1 aromatic heterocycles. The zero-order valence-electron chi connectivity index (χ0n) is 13.0. The first kappa shape index (κ1) is 16.1. The predicted octanol–water partition coefficient (Wildman–Crippen LogP) is 3.82. The molecule has 1 heterocycles. The maximum atomic E-state index is 12.7. The summed E-state index contributed by atoms with van der Waals surface area (Å²) in [5, 5.41) is 3.54. The van der Waals surface area contributed by atoms with Gasteiger partial charge in [-0.25, -0.2) is 4.98 Å². The van der Waals surface area contributed by atoms with E-state index in [9.17, 15) is 4.79 Å². The molecule has 1 aliphatic carbocycles. The van der Waals surface area contributed by atoms with E-state index in [0.29, 0.717) is 22.5 Å². The number of nitrogens with zero attached hydrogens (tertiary/aromatic N) is 2. The molecule has 5 heteroatoms. The summed E-state index contributed by atoms with van der Waals surface area (Å²) in [6, 6.07) is 3.65. The Balaban J connectivity index is 2.17. The van der Waals surface area contributed by atoms with Gasteiger partial charge in [-0.2, -0.15) is 0 Å². The quantitative estimate of drug-likeness (QED) is 0.779. The molecule has 1 amide bonds. The third-order valence-corrected chi connectivity index (χ3v) is 3.83. The van der Waals surface area contributed by atoms with Crippen molar-refractivity contribution in [1.82, 2.24) is 9.88 Å². The van der Waals surface area contributed by atoms with Gasteiger partial charge in [0.15, 0.2) is 0 Å². The van der Waals surface area contributed by atoms with Crippen molar-refractivity contribution in [1.29, 1.82) is 0 Å². The summed E-state index contributed by atoms with van der Waals surface area (Å²) >= 11 is 6.05. The van der Waals surface area contributed by atoms with Crippen LogP contribution in [0.1, 0.15) is 50.4 Å². The number of carbonyl (C=O) groups excluding carboxylic acids is 1. The van der Waals surface area contributed by atoms with Crippen molar-refractivity contribution in [3.63, 3.8) is 0 Å². The van der Waals surface area contributed by atoms with Crippen LogP contribution < -0.4 is 5.32 Å². The number of hydrogen-bond acceptors (Lipinski definition) is 3. The lowest BCUT2D eigenvalue weighted by Crippen LogP contribution is -2.38. The molecule has 0 spiro atoms. The second kappa shape index (κ2) is 7.12. The number of rotatable bonds is 7. The van der Waals surface area contributed by atoms with Crippen LogP contribution in [0.3, 0.4) is 0 Å². The summed E-state index contributed by atoms with van der Waals surface area (Å²) in [6.45, 7) is 7.85. The minimum absolute atomic E-state index is 0.0424. The average molecular weight is 310 g/mol. The number of amides is 1. The van der Waals surface area contributed by atoms with Crippen molar-refractivity contribution in [3.8, 4) is 0 Å². The Morgan fingerprint density at radius 3 is 2.76 bits per heavy atom. The predicted molar refractivity (Wildman–Crippen MR) is 86.9 cm³/mol. The highest BCUT2D eigenvalue weighted by molar-refractivity contribution is 6.29. The van der Waals surface area contributed by atoms with Crippen LogP contribution in [0.4, 0.5) is 5.82 Å². The van der Waals surface area contributed by atoms with Crippen LogP contribution in [-0.4, -0.2) is 34.9 Å². The third kappa shape index (κ3) is 4.60. The molecule has 0 bridgehead atoms. The molecule has 0 aliphatic heterocycles. The Hall–Kier alpha value is -1.29. The Labute approximate surface area is 131 Å². The first-order valence-electron chi connectivity index (χ1n) is 7.73. The molecule has 0 atom stereocenters. The molecular formula is C16H24ClN3O. The van der Waals surface area contributed by atoms with Crippen LogP contribution in [0, 0.1) is 5.92 Å². The van der Waals surface area contributed by atoms with E-state index < -0.39 is 0 Å². The molecule has 2 rings (SSSR count). The van der Waals surface area contributed by atoms with Crippen molar-refractivity contribution in [2.24, 2.45) is 5.92 Å². The van der Waals surface area contributed by atoms with Gasteiger partial charge in [0.05, 0.1) is 0 Å². The van der Waals surface area contributed by atoms with Crippen molar-refractivity contribution in [3.05, 3.63) is 22.8 Å². The fourth-order valence-corrected chi connectivity index (χ4v) is 2.45. The van der Waals surface area contributed by atoms with E-state index in [2.05, 4.69) is 31.1 Å². The Kier molecular flexibility index (Phi) is 5.45. The summed E-state index contributed by atoms with van der Waals surface area (Å²) < 4.78 is 0. The van der Waals surface area contributed by atoms with E-state index in [-0.39, 0.29) is 11.9 Å². The van der Waals surface area contributed by atoms with Gasteiger partial charge in [0.25, 0.3) is 5.91 Å². The van der Waals surface area contributed by atoms with Gasteiger partial charge >= 0.3 is 0 Å². The standard InChI is InChI=1S/C16H24ClN3O/c1-4-7-18-15-9-13(8-14(17)19-15)16(21)20(11(2)3)10-12-5-6-12/h8-9,11-12H,4-7,10H2,1-3H3,(H,18,19). The van der Waals surface area contributed by atoms with Crippen LogP contribution >= 0.6 is 11.6 Å². The van der Waals surface area contributed by atoms with Gasteiger partial charge in [0.1, 0.15) is 11.0 Å². The smallest absolute Gasteiger partial charge is 0.254 e. The molecule has 0 aromatic carbocycles. The van der Waals surface area contributed by atoms with Gasteiger partial charge in [-0.1, -0.05) is 18.5 Å². The van der Waals surface area contributed by atoms with E-state index in [1.807, 2.05) is 4.90 Å². The largest absolute Gasteiger partial charge is 0.370 e. The first-order chi connectivity index (χ1) is 10.0. The fourth-order valence-electron chi connectivity index (χ4n) is 2.24. The zero-order chi connectivity index (χ0) is 15.4. The molecule has 1 saturated carbocycles. The van der Waals surface area contributed by atoms with E-state index in [1.54, 1.807) is 12.1 Å². The molecule has 21 heavy (non-hydrogen) atoms. The average Bonchev–Trinajstić information content (AvgIpc) is 3.25. The molecule has 1 N–H and O–H groups in total. The van der Waals surface area contributed by atoms with Gasteiger partial charge in [-0.3, -0.25) is 4.79 Å². The van der Waals surface area contributed by atoms with Crippen molar-refractivity contribution in [2.45, 2.75) is 46.1 Å². The second-order valence-corrected chi connectivity index (χ2v) is 6.37. The van der Waals surface area contributed by atoms with Crippen molar-refractivity contribution < 1.29 is 4.79 Å². The van der Waals surface area contributed by atoms with Gasteiger partial charge in [0.2, 0.25) is 0 Å². The Morgan fingerprint density at radius 1 is 1.48 bits per heavy atom. The van der Waals surface area contributed by atoms with Crippen molar-refractivity contribution >= 4 is 23.3 Å². The molecule has 1 aliphatic rings. The maximum absolute atomic E-state index is 12.7. The molecule has 0 saturated heterocycles. The zero-order valence-corrected chi connectivity index (χ0v) is 13.8. The lowest BCUT2D eigenvalue weighted by molar-refractivity contribution is 0.0696. The van der Waals surface area contributed by atoms with Crippen molar-refractivity contribution in [2.75, 3.05) is 18.4 Å². The van der Waals surface area contributed by atoms with E-state index in [1.165, 1.54) is 12.8 Å². The van der Waals surface area contributed by atoms with Gasteiger partial charge < -0.3 is 10.2 Å². The first-order valence-corrected chi connectivity index (χ1v) is 8.11. The molecule has 4 nitrogen and oxygen atoms in total. The number of halogens is 1. The minimum atomic E-state index is 0.0424. The number of pyridine rings is 1. The summed E-state index contributed by atoms with van der Waals surface area (Å²) in [7, 11) is 0. The highest BCUT2D eigenvalue weighted by Crippen LogP contribution is 2.31. The lowest BCUT2D eigenvalue weighted by atomic mass is 10.2. The number of carbonyl (C=O) groups is 1. The van der Waals surface area contributed by atoms with Crippen LogP contribution in [0.15, 0.2) is 12.1 Å². The van der Waals surface area contributed by atoms with Crippen LogP contribution in [0.2, 0.25) is 5.15 Å². The molecule has 1 fully saturated rings. The Morgan fingerprint density at radius 2 is 2.19 bits per heavy atom. The molecule has 1 aromatic rings.